The zero-order valence-electron chi connectivity index (χ0n) is 15.6. The highest BCUT2D eigenvalue weighted by Crippen LogP contribution is 2.27. The quantitative estimate of drug-likeness (QED) is 0.770. The zero-order valence-corrected chi connectivity index (χ0v) is 15.6. The number of benzene rings is 2. The van der Waals surface area contributed by atoms with Crippen molar-refractivity contribution in [3.8, 4) is 5.75 Å². The summed E-state index contributed by atoms with van der Waals surface area (Å²) in [7, 11) is 1.69. The molecule has 0 heterocycles. The van der Waals surface area contributed by atoms with Crippen LogP contribution in [-0.4, -0.2) is 30.6 Å². The van der Waals surface area contributed by atoms with Crippen LogP contribution in [0, 0.1) is 13.8 Å². The smallest absolute Gasteiger partial charge is 0.422 e. The van der Waals surface area contributed by atoms with Gasteiger partial charge in [0.15, 0.2) is 6.61 Å². The molecule has 27 heavy (non-hydrogen) atoms. The number of nitrogens with zero attached hydrogens (tertiary/aromatic N) is 1. The molecule has 1 amide bonds. The monoisotopic (exact) mass is 380 g/mol. The molecule has 0 radical (unpaired) electrons. The summed E-state index contributed by atoms with van der Waals surface area (Å²) in [5.74, 6) is 0.166. The van der Waals surface area contributed by atoms with Crippen LogP contribution in [0.5, 0.6) is 5.75 Å². The standard InChI is InChI=1S/C20H23F3N2O2/c1-13-8-16(9-14(2)19(13)27-12-20(21,22)23)11-25(3)18(26)10-15-4-6-17(24)7-5-15/h4-9H,10-12,24H2,1-3H3. The normalized spacial score (nSPS) is 11.3. The first-order valence-electron chi connectivity index (χ1n) is 8.43. The predicted octanol–water partition coefficient (Wildman–Crippen LogP) is 4.03. The average molecular weight is 380 g/mol. The van der Waals surface area contributed by atoms with Gasteiger partial charge in [0.2, 0.25) is 5.91 Å². The van der Waals surface area contributed by atoms with Crippen molar-refractivity contribution in [2.45, 2.75) is 33.0 Å². The second kappa shape index (κ2) is 8.33. The molecule has 0 spiro atoms. The lowest BCUT2D eigenvalue weighted by molar-refractivity contribution is -0.153. The number of nitrogens with two attached hydrogens (primary N) is 1. The fraction of sp³-hybridized carbons (Fsp3) is 0.350. The minimum Gasteiger partial charge on any atom is -0.484 e. The third kappa shape index (κ3) is 6.20. The second-order valence-electron chi connectivity index (χ2n) is 6.63. The number of aryl methyl sites for hydroxylation is 2. The maximum absolute atomic E-state index is 12.4. The van der Waals surface area contributed by atoms with E-state index in [0.717, 1.165) is 11.1 Å². The van der Waals surface area contributed by atoms with Crippen LogP contribution in [0.3, 0.4) is 0 Å². The molecule has 2 N–H and O–H groups in total. The van der Waals surface area contributed by atoms with Crippen LogP contribution in [0.2, 0.25) is 0 Å². The van der Waals surface area contributed by atoms with Gasteiger partial charge in [-0.15, -0.1) is 0 Å². The van der Waals surface area contributed by atoms with Crippen LogP contribution in [0.4, 0.5) is 18.9 Å². The van der Waals surface area contributed by atoms with Crippen LogP contribution in [0.15, 0.2) is 36.4 Å². The lowest BCUT2D eigenvalue weighted by Gasteiger charge is -2.20. The second-order valence-corrected chi connectivity index (χ2v) is 6.63. The third-order valence-electron chi connectivity index (χ3n) is 4.08. The molecule has 0 fully saturated rings. The van der Waals surface area contributed by atoms with Gasteiger partial charge in [-0.2, -0.15) is 13.2 Å². The highest BCUT2D eigenvalue weighted by atomic mass is 19.4. The van der Waals surface area contributed by atoms with E-state index in [0.29, 0.717) is 23.4 Å². The van der Waals surface area contributed by atoms with Crippen molar-refractivity contribution in [1.82, 2.24) is 4.90 Å². The molecule has 4 nitrogen and oxygen atoms in total. The lowest BCUT2D eigenvalue weighted by atomic mass is 10.0. The highest BCUT2D eigenvalue weighted by molar-refractivity contribution is 5.78. The van der Waals surface area contributed by atoms with Crippen LogP contribution >= 0.6 is 0 Å². The van der Waals surface area contributed by atoms with Crippen molar-refractivity contribution in [3.63, 3.8) is 0 Å². The first kappa shape index (κ1) is 20.6. The number of carbonyl (C=O) groups is 1. The fourth-order valence-electron chi connectivity index (χ4n) is 2.82. The van der Waals surface area contributed by atoms with E-state index < -0.39 is 12.8 Å². The van der Waals surface area contributed by atoms with E-state index in [4.69, 9.17) is 10.5 Å². The topological polar surface area (TPSA) is 55.6 Å². The fourth-order valence-corrected chi connectivity index (χ4v) is 2.82. The van der Waals surface area contributed by atoms with Crippen LogP contribution < -0.4 is 10.5 Å². The number of carbonyl (C=O) groups excluding carboxylic acids is 1. The summed E-state index contributed by atoms with van der Waals surface area (Å²) >= 11 is 0. The van der Waals surface area contributed by atoms with Crippen molar-refractivity contribution in [3.05, 3.63) is 58.7 Å². The molecule has 7 heteroatoms. The van der Waals surface area contributed by atoms with Gasteiger partial charge >= 0.3 is 6.18 Å². The molecule has 0 bridgehead atoms. The summed E-state index contributed by atoms with van der Waals surface area (Å²) in [4.78, 5) is 14.0. The average Bonchev–Trinajstić information content (AvgIpc) is 2.55. The highest BCUT2D eigenvalue weighted by Gasteiger charge is 2.29. The molecule has 0 unspecified atom stereocenters. The van der Waals surface area contributed by atoms with Crippen molar-refractivity contribution in [2.24, 2.45) is 0 Å². The molecular weight excluding hydrogens is 357 g/mol. The Morgan fingerprint density at radius 2 is 1.63 bits per heavy atom. The van der Waals surface area contributed by atoms with E-state index in [9.17, 15) is 18.0 Å². The lowest BCUT2D eigenvalue weighted by Crippen LogP contribution is -2.27. The third-order valence-corrected chi connectivity index (χ3v) is 4.08. The summed E-state index contributed by atoms with van der Waals surface area (Å²) < 4.78 is 42.0. The molecule has 0 atom stereocenters. The Bertz CT molecular complexity index is 779. The Hall–Kier alpha value is -2.70. The van der Waals surface area contributed by atoms with Gasteiger partial charge in [0.1, 0.15) is 5.75 Å². The van der Waals surface area contributed by atoms with E-state index in [1.165, 1.54) is 0 Å². The Labute approximate surface area is 156 Å². The minimum atomic E-state index is -4.38. The van der Waals surface area contributed by atoms with Gasteiger partial charge in [0.25, 0.3) is 0 Å². The molecule has 0 aromatic heterocycles. The molecular formula is C20H23F3N2O2. The molecule has 146 valence electrons. The number of hydrogen-bond donors (Lipinski definition) is 1. The zero-order chi connectivity index (χ0) is 20.2. The van der Waals surface area contributed by atoms with E-state index in [-0.39, 0.29) is 18.1 Å². The summed E-state index contributed by atoms with van der Waals surface area (Å²) in [6.45, 7) is 2.42. The Kier molecular flexibility index (Phi) is 6.36. The minimum absolute atomic E-state index is 0.0625. The van der Waals surface area contributed by atoms with Gasteiger partial charge in [-0.05, 0) is 48.2 Å². The number of hydrogen-bond acceptors (Lipinski definition) is 3. The maximum atomic E-state index is 12.4. The SMILES string of the molecule is Cc1cc(CN(C)C(=O)Cc2ccc(N)cc2)cc(C)c1OCC(F)(F)F. The number of rotatable bonds is 6. The van der Waals surface area contributed by atoms with Crippen molar-refractivity contribution < 1.29 is 22.7 Å². The molecule has 2 rings (SSSR count). The van der Waals surface area contributed by atoms with E-state index in [2.05, 4.69) is 0 Å². The number of amides is 1. The van der Waals surface area contributed by atoms with Gasteiger partial charge < -0.3 is 15.4 Å². The van der Waals surface area contributed by atoms with E-state index in [1.807, 2.05) is 12.1 Å². The van der Waals surface area contributed by atoms with E-state index >= 15 is 0 Å². The van der Waals surface area contributed by atoms with Gasteiger partial charge in [0.05, 0.1) is 6.42 Å². The van der Waals surface area contributed by atoms with Gasteiger partial charge in [-0.1, -0.05) is 24.3 Å². The van der Waals surface area contributed by atoms with Crippen LogP contribution in [0.1, 0.15) is 22.3 Å². The Morgan fingerprint density at radius 3 is 2.15 bits per heavy atom. The Morgan fingerprint density at radius 1 is 1.07 bits per heavy atom. The maximum Gasteiger partial charge on any atom is 0.422 e. The molecule has 0 aliphatic carbocycles. The number of anilines is 1. The summed E-state index contributed by atoms with van der Waals surface area (Å²) in [6.07, 6.45) is -4.13. The summed E-state index contributed by atoms with van der Waals surface area (Å²) in [5.41, 5.74) is 9.18. The van der Waals surface area contributed by atoms with E-state index in [1.54, 1.807) is 50.1 Å². The van der Waals surface area contributed by atoms with Crippen molar-refractivity contribution in [1.29, 1.82) is 0 Å². The molecule has 0 saturated heterocycles. The first-order valence-corrected chi connectivity index (χ1v) is 8.43. The van der Waals surface area contributed by atoms with Crippen molar-refractivity contribution >= 4 is 11.6 Å². The Balaban J connectivity index is 2.03. The number of alkyl halides is 3. The number of likely N-dealkylation sites (N-methyl/N-ethyl adjacent to an activating group) is 1. The number of ether oxygens (including phenoxy) is 1. The van der Waals surface area contributed by atoms with Gasteiger partial charge in [0, 0.05) is 19.3 Å². The number of halogens is 3. The van der Waals surface area contributed by atoms with Crippen LogP contribution in [-0.2, 0) is 17.8 Å². The summed E-state index contributed by atoms with van der Waals surface area (Å²) in [6, 6.07) is 10.6. The number of nitrogen functional groups attached to an aromatic ring is 1. The predicted molar refractivity (Wildman–Crippen MR) is 98.5 cm³/mol. The van der Waals surface area contributed by atoms with Gasteiger partial charge in [-0.25, -0.2) is 0 Å². The first-order chi connectivity index (χ1) is 12.5. The molecule has 2 aromatic rings. The largest absolute Gasteiger partial charge is 0.484 e. The molecule has 0 saturated carbocycles. The van der Waals surface area contributed by atoms with Gasteiger partial charge in [-0.3, -0.25) is 4.79 Å². The molecule has 2 aromatic carbocycles. The van der Waals surface area contributed by atoms with Crippen molar-refractivity contribution in [2.75, 3.05) is 19.4 Å². The molecule has 0 aliphatic heterocycles. The summed E-state index contributed by atoms with van der Waals surface area (Å²) in [5, 5.41) is 0. The van der Waals surface area contributed by atoms with Crippen LogP contribution in [0.25, 0.3) is 0 Å². The molecule has 0 aliphatic rings.